The van der Waals surface area contributed by atoms with Gasteiger partial charge in [0.15, 0.2) is 24.8 Å². The van der Waals surface area contributed by atoms with Crippen LogP contribution in [0.25, 0.3) is 0 Å². The molecule has 2 amide bonds. The van der Waals surface area contributed by atoms with Crippen LogP contribution in [-0.2, 0) is 88.2 Å². The van der Waals surface area contributed by atoms with Crippen molar-refractivity contribution in [2.24, 2.45) is 0 Å². The van der Waals surface area contributed by atoms with Crippen molar-refractivity contribution in [3.63, 3.8) is 0 Å². The number of nitrogens with zero attached hydrogens (tertiary/aromatic N) is 1. The minimum atomic E-state index is -1.73. The normalized spacial score (nSPS) is 25.2. The van der Waals surface area contributed by atoms with E-state index in [1.807, 2.05) is 121 Å². The molecular weight excluding hydrogens is 903 g/mol. The van der Waals surface area contributed by atoms with E-state index >= 15 is 0 Å². The maximum Gasteiger partial charge on any atom is 0.303 e. The van der Waals surface area contributed by atoms with E-state index in [1.54, 1.807) is 12.1 Å². The zero-order valence-electron chi connectivity index (χ0n) is 38.9. The van der Waals surface area contributed by atoms with Gasteiger partial charge >= 0.3 is 17.9 Å². The Hall–Kier alpha value is -6.63. The van der Waals surface area contributed by atoms with Crippen molar-refractivity contribution in [1.82, 2.24) is 4.90 Å². The van der Waals surface area contributed by atoms with Crippen molar-refractivity contribution in [2.75, 3.05) is 13.2 Å². The van der Waals surface area contributed by atoms with Gasteiger partial charge in [0.2, 0.25) is 0 Å². The first-order valence-electron chi connectivity index (χ1n) is 23.0. The highest BCUT2D eigenvalue weighted by atomic mass is 16.8. The van der Waals surface area contributed by atoms with Crippen molar-refractivity contribution in [1.29, 1.82) is 0 Å². The Morgan fingerprint density at radius 2 is 0.886 bits per heavy atom. The number of amides is 2. The standard InChI is InChI=1S/C54H55NO15/c1-34(56)62-33-44-47(66-35(2)57)48(67-36(3)58)45(55-51(59)41-26-16-17-27-42(41)52(55)60)53(68-44)70-49-46(63-29-38-20-10-5-11-21-38)43(32-61-28-37-18-8-4-9-19-37)69-54(65-31-40-24-14-7-15-25-40)50(49)64-30-39-22-12-6-13-23-39/h4-27,43-50,53-54H,28-33H2,1-3H3/t43-,44-,45-,46+,47-,48-,49+,50-,53+,54-/m1/s1. The van der Waals surface area contributed by atoms with Crippen LogP contribution in [0.1, 0.15) is 63.7 Å². The number of fused-ring (bicyclic) bond motifs is 1. The van der Waals surface area contributed by atoms with Gasteiger partial charge in [0.25, 0.3) is 11.8 Å². The highest BCUT2D eigenvalue weighted by Gasteiger charge is 2.60. The predicted octanol–water partition coefficient (Wildman–Crippen LogP) is 6.52. The van der Waals surface area contributed by atoms with Gasteiger partial charge in [-0.1, -0.05) is 133 Å². The molecule has 3 aliphatic heterocycles. The maximum absolute atomic E-state index is 14.6. The van der Waals surface area contributed by atoms with Crippen LogP contribution in [0.4, 0.5) is 0 Å². The van der Waals surface area contributed by atoms with Crippen molar-refractivity contribution < 1.29 is 71.3 Å². The number of carbonyl (C=O) groups excluding carboxylic acids is 5. The summed E-state index contributed by atoms with van der Waals surface area (Å²) in [4.78, 5) is 68.4. The second-order valence-electron chi connectivity index (χ2n) is 17.0. The van der Waals surface area contributed by atoms with Gasteiger partial charge in [0.1, 0.15) is 43.2 Å². The zero-order valence-corrected chi connectivity index (χ0v) is 38.9. The molecule has 16 heteroatoms. The molecule has 0 unspecified atom stereocenters. The second-order valence-corrected chi connectivity index (χ2v) is 17.0. The fourth-order valence-corrected chi connectivity index (χ4v) is 8.73. The van der Waals surface area contributed by atoms with Crippen LogP contribution >= 0.6 is 0 Å². The number of rotatable bonds is 20. The summed E-state index contributed by atoms with van der Waals surface area (Å²) in [5.41, 5.74) is 3.50. The van der Waals surface area contributed by atoms with E-state index in [0.717, 1.165) is 41.0 Å². The third kappa shape index (κ3) is 12.4. The zero-order chi connectivity index (χ0) is 49.0. The Morgan fingerprint density at radius 1 is 0.457 bits per heavy atom. The minimum Gasteiger partial charge on any atom is -0.463 e. The summed E-state index contributed by atoms with van der Waals surface area (Å²) in [6.45, 7) is 3.27. The summed E-state index contributed by atoms with van der Waals surface area (Å²) in [6, 6.07) is 42.5. The van der Waals surface area contributed by atoms with Gasteiger partial charge in [-0.2, -0.15) is 0 Å². The molecular formula is C54H55NO15. The average molecular weight is 958 g/mol. The first-order valence-corrected chi connectivity index (χ1v) is 23.0. The Kier molecular flexibility index (Phi) is 16.9. The molecule has 3 heterocycles. The monoisotopic (exact) mass is 957 g/mol. The lowest BCUT2D eigenvalue weighted by molar-refractivity contribution is -0.364. The van der Waals surface area contributed by atoms with E-state index in [-0.39, 0.29) is 44.2 Å². The Balaban J connectivity index is 1.26. The van der Waals surface area contributed by atoms with E-state index < -0.39 is 97.7 Å². The van der Waals surface area contributed by atoms with Gasteiger partial charge in [0, 0.05) is 20.8 Å². The summed E-state index contributed by atoms with van der Waals surface area (Å²) in [7, 11) is 0. The van der Waals surface area contributed by atoms with Gasteiger partial charge in [-0.3, -0.25) is 28.9 Å². The van der Waals surface area contributed by atoms with Gasteiger partial charge in [0.05, 0.1) is 44.2 Å². The average Bonchev–Trinajstić information content (AvgIpc) is 3.61. The molecule has 2 saturated heterocycles. The molecule has 0 radical (unpaired) electrons. The lowest BCUT2D eigenvalue weighted by atomic mass is 9.93. The quantitative estimate of drug-likeness (QED) is 0.0467. The number of esters is 3. The molecule has 3 aliphatic rings. The van der Waals surface area contributed by atoms with Gasteiger partial charge < -0.3 is 47.4 Å². The summed E-state index contributed by atoms with van der Waals surface area (Å²) in [6.07, 6.45) is -11.9. The largest absolute Gasteiger partial charge is 0.463 e. The number of benzene rings is 5. The summed E-state index contributed by atoms with van der Waals surface area (Å²) in [5.74, 6) is -3.86. The first-order chi connectivity index (χ1) is 34.0. The molecule has 366 valence electrons. The smallest absolute Gasteiger partial charge is 0.303 e. The fraction of sp³-hybridized carbons (Fsp3) is 0.352. The van der Waals surface area contributed by atoms with Crippen LogP contribution in [-0.4, -0.2) is 109 Å². The van der Waals surface area contributed by atoms with E-state index in [0.29, 0.717) is 0 Å². The van der Waals surface area contributed by atoms with E-state index in [1.165, 1.54) is 19.1 Å². The van der Waals surface area contributed by atoms with Crippen LogP contribution in [0.2, 0.25) is 0 Å². The van der Waals surface area contributed by atoms with E-state index in [4.69, 9.17) is 47.4 Å². The van der Waals surface area contributed by atoms with Crippen LogP contribution in [0.15, 0.2) is 146 Å². The third-order valence-electron chi connectivity index (χ3n) is 11.9. The number of carbonyl (C=O) groups is 5. The lowest BCUT2D eigenvalue weighted by Crippen LogP contribution is -2.70. The molecule has 70 heavy (non-hydrogen) atoms. The molecule has 16 nitrogen and oxygen atoms in total. The van der Waals surface area contributed by atoms with Crippen LogP contribution < -0.4 is 0 Å². The summed E-state index contributed by atoms with van der Waals surface area (Å²) in [5, 5.41) is 0. The highest BCUT2D eigenvalue weighted by molar-refractivity contribution is 6.21. The summed E-state index contributed by atoms with van der Waals surface area (Å²) >= 11 is 0. The number of hydrogen-bond donors (Lipinski definition) is 0. The molecule has 0 bridgehead atoms. The topological polar surface area (TPSA) is 181 Å². The molecule has 0 aromatic heterocycles. The van der Waals surface area contributed by atoms with E-state index in [9.17, 15) is 24.0 Å². The Morgan fingerprint density at radius 3 is 1.39 bits per heavy atom. The first kappa shape index (κ1) is 49.8. The predicted molar refractivity (Wildman–Crippen MR) is 248 cm³/mol. The van der Waals surface area contributed by atoms with Crippen LogP contribution in [0.3, 0.4) is 0 Å². The van der Waals surface area contributed by atoms with Crippen molar-refractivity contribution in [3.8, 4) is 0 Å². The number of imide groups is 1. The minimum absolute atomic E-state index is 0.0353. The summed E-state index contributed by atoms with van der Waals surface area (Å²) < 4.78 is 64.7. The fourth-order valence-electron chi connectivity index (χ4n) is 8.73. The van der Waals surface area contributed by atoms with Gasteiger partial charge in [-0.15, -0.1) is 0 Å². The molecule has 5 aromatic carbocycles. The molecule has 0 saturated carbocycles. The highest BCUT2D eigenvalue weighted by Crippen LogP contribution is 2.39. The van der Waals surface area contributed by atoms with Crippen LogP contribution in [0.5, 0.6) is 0 Å². The van der Waals surface area contributed by atoms with Gasteiger partial charge in [-0.05, 0) is 34.4 Å². The van der Waals surface area contributed by atoms with Crippen molar-refractivity contribution in [2.45, 2.75) is 109 Å². The van der Waals surface area contributed by atoms with Crippen molar-refractivity contribution >= 4 is 29.7 Å². The van der Waals surface area contributed by atoms with Crippen LogP contribution in [0, 0.1) is 0 Å². The molecule has 0 aliphatic carbocycles. The van der Waals surface area contributed by atoms with E-state index in [2.05, 4.69) is 0 Å². The van der Waals surface area contributed by atoms with Gasteiger partial charge in [-0.25, -0.2) is 0 Å². The third-order valence-corrected chi connectivity index (χ3v) is 11.9. The molecule has 2 fully saturated rings. The second kappa shape index (κ2) is 23.8. The molecule has 10 atom stereocenters. The Bertz CT molecular complexity index is 2500. The lowest BCUT2D eigenvalue weighted by Gasteiger charge is -2.51. The molecule has 8 rings (SSSR count). The number of hydrogen-bond acceptors (Lipinski definition) is 15. The molecule has 0 N–H and O–H groups in total. The molecule has 0 spiro atoms. The maximum atomic E-state index is 14.6. The SMILES string of the molecule is CC(=O)OC[C@H]1O[C@@H](O[C@H]2[C@@H](OCc3ccccc3)[C@@H](COCc3ccccc3)O[C@@H](OCc3ccccc3)[C@@H]2OCc2ccccc2)[C@H](N2C(=O)c3ccccc3C2=O)[C@@H](OC(C)=O)[C@@H]1OC(C)=O. The van der Waals surface area contributed by atoms with Crippen molar-refractivity contribution in [3.05, 3.63) is 179 Å². The molecule has 5 aromatic rings. The number of ether oxygens (including phenoxy) is 10. The Labute approximate surface area is 405 Å².